The lowest BCUT2D eigenvalue weighted by molar-refractivity contribution is -0.136. The molecule has 110 valence electrons. The van der Waals surface area contributed by atoms with Gasteiger partial charge in [-0.1, -0.05) is 20.3 Å². The summed E-state index contributed by atoms with van der Waals surface area (Å²) in [5, 5.41) is 3.38. The van der Waals surface area contributed by atoms with Gasteiger partial charge >= 0.3 is 0 Å². The van der Waals surface area contributed by atoms with E-state index in [-0.39, 0.29) is 12.0 Å². The van der Waals surface area contributed by atoms with E-state index in [1.807, 2.05) is 0 Å². The van der Waals surface area contributed by atoms with Crippen molar-refractivity contribution in [2.75, 3.05) is 32.8 Å². The van der Waals surface area contributed by atoms with Gasteiger partial charge in [-0.2, -0.15) is 0 Å². The molecule has 0 aliphatic carbocycles. The highest BCUT2D eigenvalue weighted by molar-refractivity contribution is 5.80. The van der Waals surface area contributed by atoms with Crippen molar-refractivity contribution < 1.29 is 9.53 Å². The molecule has 4 nitrogen and oxygen atoms in total. The molecule has 2 rings (SSSR count). The summed E-state index contributed by atoms with van der Waals surface area (Å²) in [6, 6.07) is 0.211. The van der Waals surface area contributed by atoms with Crippen LogP contribution >= 0.6 is 0 Å². The molecule has 0 bridgehead atoms. The number of ether oxygens (including phenoxy) is 1. The molecule has 0 saturated carbocycles. The minimum Gasteiger partial charge on any atom is -0.379 e. The number of nitrogens with zero attached hydrogens (tertiary/aromatic N) is 1. The first-order valence-electron chi connectivity index (χ1n) is 7.86. The summed E-state index contributed by atoms with van der Waals surface area (Å²) in [7, 11) is 0. The zero-order valence-electron chi connectivity index (χ0n) is 12.4. The van der Waals surface area contributed by atoms with Crippen LogP contribution in [-0.2, 0) is 9.53 Å². The second-order valence-corrected chi connectivity index (χ2v) is 5.84. The number of amides is 1. The molecule has 4 heteroatoms. The fraction of sp³-hybridized carbons (Fsp3) is 0.933. The number of likely N-dealkylation sites (tertiary alicyclic amines) is 1. The van der Waals surface area contributed by atoms with Gasteiger partial charge in [0, 0.05) is 19.1 Å². The van der Waals surface area contributed by atoms with E-state index in [2.05, 4.69) is 24.1 Å². The van der Waals surface area contributed by atoms with Gasteiger partial charge in [0.15, 0.2) is 0 Å². The molecule has 2 heterocycles. The highest BCUT2D eigenvalue weighted by Gasteiger charge is 2.36. The second kappa shape index (κ2) is 7.25. The number of hydrogen-bond donors (Lipinski definition) is 1. The van der Waals surface area contributed by atoms with E-state index in [0.29, 0.717) is 19.1 Å². The van der Waals surface area contributed by atoms with Crippen LogP contribution < -0.4 is 5.32 Å². The first kappa shape index (κ1) is 14.8. The molecule has 19 heavy (non-hydrogen) atoms. The third-order valence-corrected chi connectivity index (χ3v) is 4.60. The molecular weight excluding hydrogens is 240 g/mol. The van der Waals surface area contributed by atoms with E-state index in [9.17, 15) is 4.79 Å². The Kier molecular flexibility index (Phi) is 5.64. The topological polar surface area (TPSA) is 41.6 Å². The number of carbonyl (C=O) groups is 1. The lowest BCUT2D eigenvalue weighted by atomic mass is 9.98. The zero-order chi connectivity index (χ0) is 13.7. The molecule has 2 aliphatic rings. The Balaban J connectivity index is 1.91. The Morgan fingerprint density at radius 1 is 1.26 bits per heavy atom. The van der Waals surface area contributed by atoms with Crippen LogP contribution in [0.3, 0.4) is 0 Å². The minimum absolute atomic E-state index is 0.0260. The van der Waals surface area contributed by atoms with Crippen molar-refractivity contribution in [2.24, 2.45) is 11.8 Å². The van der Waals surface area contributed by atoms with Crippen LogP contribution in [0.15, 0.2) is 0 Å². The van der Waals surface area contributed by atoms with Gasteiger partial charge in [-0.05, 0) is 31.7 Å². The number of carbonyl (C=O) groups excluding carboxylic acids is 1. The molecule has 1 N–H and O–H groups in total. The van der Waals surface area contributed by atoms with E-state index >= 15 is 0 Å². The zero-order valence-corrected chi connectivity index (χ0v) is 12.4. The monoisotopic (exact) mass is 268 g/mol. The van der Waals surface area contributed by atoms with Gasteiger partial charge in [0.25, 0.3) is 0 Å². The van der Waals surface area contributed by atoms with E-state index in [4.69, 9.17) is 4.74 Å². The van der Waals surface area contributed by atoms with Gasteiger partial charge in [0.1, 0.15) is 0 Å². The number of nitrogens with one attached hydrogen (secondary N) is 1. The van der Waals surface area contributed by atoms with Gasteiger partial charge in [-0.15, -0.1) is 0 Å². The summed E-state index contributed by atoms with van der Waals surface area (Å²) in [5.41, 5.74) is 0. The van der Waals surface area contributed by atoms with E-state index in [1.165, 1.54) is 19.3 Å². The van der Waals surface area contributed by atoms with Crippen LogP contribution in [0.2, 0.25) is 0 Å². The van der Waals surface area contributed by atoms with Crippen molar-refractivity contribution in [3.63, 3.8) is 0 Å². The minimum atomic E-state index is 0.0260. The van der Waals surface area contributed by atoms with Crippen LogP contribution in [0.5, 0.6) is 0 Å². The molecule has 0 radical (unpaired) electrons. The predicted molar refractivity (Wildman–Crippen MR) is 76.0 cm³/mol. The molecule has 2 saturated heterocycles. The van der Waals surface area contributed by atoms with Crippen LogP contribution in [0, 0.1) is 11.8 Å². The maximum Gasteiger partial charge on any atom is 0.229 e. The fourth-order valence-corrected chi connectivity index (χ4v) is 3.29. The molecule has 2 aliphatic heterocycles. The summed E-state index contributed by atoms with van der Waals surface area (Å²) in [4.78, 5) is 14.7. The van der Waals surface area contributed by atoms with Crippen LogP contribution in [0.4, 0.5) is 0 Å². The van der Waals surface area contributed by atoms with E-state index in [1.54, 1.807) is 0 Å². The molecule has 3 unspecified atom stereocenters. The van der Waals surface area contributed by atoms with Crippen molar-refractivity contribution in [2.45, 2.75) is 45.6 Å². The maximum absolute atomic E-state index is 12.6. The standard InChI is InChI=1S/C15H28N2O2/c1-3-12-6-5-8-17(9-7-12)15(18)13-10-19-11-14(13)16-4-2/h12-14,16H,3-11H2,1-2H3. The van der Waals surface area contributed by atoms with Gasteiger partial charge in [0.05, 0.1) is 19.1 Å². The first-order chi connectivity index (χ1) is 9.26. The van der Waals surface area contributed by atoms with Crippen LogP contribution in [0.1, 0.15) is 39.5 Å². The summed E-state index contributed by atoms with van der Waals surface area (Å²) < 4.78 is 5.50. The van der Waals surface area contributed by atoms with Crippen molar-refractivity contribution >= 4 is 5.91 Å². The Morgan fingerprint density at radius 3 is 2.84 bits per heavy atom. The van der Waals surface area contributed by atoms with Gasteiger partial charge in [-0.25, -0.2) is 0 Å². The normalized spacial score (nSPS) is 32.3. The number of hydrogen-bond acceptors (Lipinski definition) is 3. The molecule has 0 aromatic rings. The fourth-order valence-electron chi connectivity index (χ4n) is 3.29. The molecular formula is C15H28N2O2. The lowest BCUT2D eigenvalue weighted by Gasteiger charge is -2.26. The Morgan fingerprint density at radius 2 is 2.11 bits per heavy atom. The third kappa shape index (κ3) is 3.69. The van der Waals surface area contributed by atoms with Gasteiger partial charge < -0.3 is 15.0 Å². The second-order valence-electron chi connectivity index (χ2n) is 5.84. The highest BCUT2D eigenvalue weighted by Crippen LogP contribution is 2.23. The number of rotatable bonds is 4. The van der Waals surface area contributed by atoms with Crippen molar-refractivity contribution in [1.29, 1.82) is 0 Å². The smallest absolute Gasteiger partial charge is 0.229 e. The van der Waals surface area contributed by atoms with E-state index < -0.39 is 0 Å². The summed E-state index contributed by atoms with van der Waals surface area (Å²) in [6.45, 7) is 8.37. The SMILES string of the molecule is CCNC1COCC1C(=O)N1CCCC(CC)CC1. The third-order valence-electron chi connectivity index (χ3n) is 4.60. The van der Waals surface area contributed by atoms with Crippen LogP contribution in [0.25, 0.3) is 0 Å². The Labute approximate surface area is 116 Å². The lowest BCUT2D eigenvalue weighted by Crippen LogP contribution is -2.46. The largest absolute Gasteiger partial charge is 0.379 e. The molecule has 2 fully saturated rings. The molecule has 1 amide bonds. The molecule has 0 aromatic heterocycles. The Bertz CT molecular complexity index is 296. The molecule has 0 spiro atoms. The molecule has 0 aromatic carbocycles. The van der Waals surface area contributed by atoms with Gasteiger partial charge in [-0.3, -0.25) is 4.79 Å². The summed E-state index contributed by atoms with van der Waals surface area (Å²) >= 11 is 0. The van der Waals surface area contributed by atoms with Crippen LogP contribution in [-0.4, -0.2) is 49.7 Å². The average Bonchev–Trinajstić information content (AvgIpc) is 2.74. The van der Waals surface area contributed by atoms with Crippen molar-refractivity contribution in [3.8, 4) is 0 Å². The maximum atomic E-state index is 12.6. The van der Waals surface area contributed by atoms with E-state index in [0.717, 1.165) is 32.0 Å². The predicted octanol–water partition coefficient (Wildman–Crippen LogP) is 1.65. The quantitative estimate of drug-likeness (QED) is 0.843. The summed E-state index contributed by atoms with van der Waals surface area (Å²) in [5.74, 6) is 1.14. The Hall–Kier alpha value is -0.610. The summed E-state index contributed by atoms with van der Waals surface area (Å²) in [6.07, 6.45) is 4.85. The average molecular weight is 268 g/mol. The van der Waals surface area contributed by atoms with Crippen molar-refractivity contribution in [3.05, 3.63) is 0 Å². The highest BCUT2D eigenvalue weighted by atomic mass is 16.5. The van der Waals surface area contributed by atoms with Crippen molar-refractivity contribution in [1.82, 2.24) is 10.2 Å². The van der Waals surface area contributed by atoms with Gasteiger partial charge in [0.2, 0.25) is 5.91 Å². The molecule has 3 atom stereocenters. The number of likely N-dealkylation sites (N-methyl/N-ethyl adjacent to an activating group) is 1. The first-order valence-corrected chi connectivity index (χ1v) is 7.86.